The van der Waals surface area contributed by atoms with Crippen LogP contribution in [-0.4, -0.2) is 30.3 Å². The molecule has 0 aromatic heterocycles. The number of amides is 1. The fourth-order valence-corrected chi connectivity index (χ4v) is 2.13. The van der Waals surface area contributed by atoms with Crippen LogP contribution in [0.3, 0.4) is 0 Å². The van der Waals surface area contributed by atoms with Gasteiger partial charge < -0.3 is 15.2 Å². The van der Waals surface area contributed by atoms with Gasteiger partial charge in [-0.15, -0.1) is 0 Å². The molecule has 1 aliphatic carbocycles. The molecule has 0 heterocycles. The maximum Gasteiger partial charge on any atom is 0.258 e. The Labute approximate surface area is 117 Å². The van der Waals surface area contributed by atoms with Crippen LogP contribution in [0.15, 0.2) is 30.4 Å². The van der Waals surface area contributed by atoms with E-state index in [4.69, 9.17) is 9.84 Å². The molecule has 4 nitrogen and oxygen atoms in total. The van der Waals surface area contributed by atoms with Crippen LogP contribution in [0.1, 0.15) is 12.0 Å². The van der Waals surface area contributed by atoms with E-state index in [1.165, 1.54) is 6.07 Å². The van der Waals surface area contributed by atoms with Gasteiger partial charge in [-0.3, -0.25) is 4.79 Å². The smallest absolute Gasteiger partial charge is 0.258 e. The molecule has 20 heavy (non-hydrogen) atoms. The van der Waals surface area contributed by atoms with Gasteiger partial charge >= 0.3 is 0 Å². The monoisotopic (exact) mass is 279 g/mol. The third-order valence-corrected chi connectivity index (χ3v) is 3.20. The molecule has 1 aromatic rings. The summed E-state index contributed by atoms with van der Waals surface area (Å²) in [7, 11) is 0. The Bertz CT molecular complexity index is 516. The predicted octanol–water partition coefficient (Wildman–Crippen LogP) is 1.57. The van der Waals surface area contributed by atoms with Crippen molar-refractivity contribution in [2.45, 2.75) is 19.4 Å². The number of hydrogen-bond acceptors (Lipinski definition) is 3. The molecule has 0 bridgehead atoms. The zero-order chi connectivity index (χ0) is 14.5. The highest BCUT2D eigenvalue weighted by Gasteiger charge is 2.19. The third-order valence-electron chi connectivity index (χ3n) is 3.20. The van der Waals surface area contributed by atoms with Crippen molar-refractivity contribution >= 4 is 5.91 Å². The normalized spacial score (nSPS) is 20.9. The van der Waals surface area contributed by atoms with Crippen molar-refractivity contribution in [3.8, 4) is 5.75 Å². The van der Waals surface area contributed by atoms with Crippen LogP contribution in [-0.2, 0) is 4.79 Å². The summed E-state index contributed by atoms with van der Waals surface area (Å²) in [5.74, 6) is -0.616. The zero-order valence-electron chi connectivity index (χ0n) is 11.3. The van der Waals surface area contributed by atoms with E-state index >= 15 is 0 Å². The largest absolute Gasteiger partial charge is 0.481 e. The minimum absolute atomic E-state index is 0.0773. The molecular weight excluding hydrogens is 261 g/mol. The number of hydrogen-bond donors (Lipinski definition) is 2. The SMILES string of the molecule is Cc1ccc(F)c(OCC(=O)N[C@@H]2C=C[C@H](CO)C2)c1. The van der Waals surface area contributed by atoms with Crippen LogP contribution in [0.25, 0.3) is 0 Å². The van der Waals surface area contributed by atoms with E-state index in [-0.39, 0.29) is 36.8 Å². The minimum Gasteiger partial charge on any atom is -0.481 e. The molecule has 2 N–H and O–H groups in total. The number of benzene rings is 1. The van der Waals surface area contributed by atoms with Gasteiger partial charge in [0.25, 0.3) is 5.91 Å². The maximum atomic E-state index is 13.4. The molecule has 0 fully saturated rings. The molecule has 108 valence electrons. The van der Waals surface area contributed by atoms with Crippen molar-refractivity contribution in [1.29, 1.82) is 0 Å². The average Bonchev–Trinajstić information content (AvgIpc) is 2.87. The van der Waals surface area contributed by atoms with Crippen LogP contribution in [0.5, 0.6) is 5.75 Å². The number of aliphatic hydroxyl groups is 1. The van der Waals surface area contributed by atoms with Crippen molar-refractivity contribution in [3.05, 3.63) is 41.7 Å². The standard InChI is InChI=1S/C15H18FNO3/c1-10-2-5-13(16)14(6-10)20-9-15(19)17-12-4-3-11(7-12)8-18/h2-6,11-12,18H,7-9H2,1H3,(H,17,19)/t11-,12+/m0/s1. The van der Waals surface area contributed by atoms with Crippen molar-refractivity contribution in [2.24, 2.45) is 5.92 Å². The summed E-state index contributed by atoms with van der Waals surface area (Å²) in [5.41, 5.74) is 0.867. The van der Waals surface area contributed by atoms with Gasteiger partial charge in [-0.05, 0) is 31.0 Å². The fraction of sp³-hybridized carbons (Fsp3) is 0.400. The summed E-state index contributed by atoms with van der Waals surface area (Å²) < 4.78 is 18.6. The van der Waals surface area contributed by atoms with Crippen molar-refractivity contribution in [3.63, 3.8) is 0 Å². The van der Waals surface area contributed by atoms with Gasteiger partial charge in [0.1, 0.15) is 0 Å². The Balaban J connectivity index is 1.81. The Morgan fingerprint density at radius 1 is 1.50 bits per heavy atom. The molecule has 0 saturated heterocycles. The van der Waals surface area contributed by atoms with Crippen molar-refractivity contribution in [2.75, 3.05) is 13.2 Å². The molecule has 0 spiro atoms. The summed E-state index contributed by atoms with van der Waals surface area (Å²) in [5, 5.41) is 11.8. The first-order valence-electron chi connectivity index (χ1n) is 6.56. The van der Waals surface area contributed by atoms with Crippen LogP contribution < -0.4 is 10.1 Å². The first-order valence-corrected chi connectivity index (χ1v) is 6.56. The van der Waals surface area contributed by atoms with E-state index in [0.29, 0.717) is 6.42 Å². The van der Waals surface area contributed by atoms with E-state index in [0.717, 1.165) is 5.56 Å². The highest BCUT2D eigenvalue weighted by molar-refractivity contribution is 5.78. The van der Waals surface area contributed by atoms with Crippen LogP contribution >= 0.6 is 0 Å². The third kappa shape index (κ3) is 3.81. The maximum absolute atomic E-state index is 13.4. The average molecular weight is 279 g/mol. The van der Waals surface area contributed by atoms with E-state index in [1.807, 2.05) is 19.1 Å². The molecule has 5 heteroatoms. The molecule has 1 aromatic carbocycles. The summed E-state index contributed by atoms with van der Waals surface area (Å²) >= 11 is 0. The lowest BCUT2D eigenvalue weighted by Gasteiger charge is -2.13. The Hall–Kier alpha value is -1.88. The molecule has 1 aliphatic rings. The van der Waals surface area contributed by atoms with Gasteiger partial charge in [0, 0.05) is 18.6 Å². The molecule has 0 radical (unpaired) electrons. The summed E-state index contributed by atoms with van der Waals surface area (Å²) in [6.45, 7) is 1.67. The number of aryl methyl sites for hydroxylation is 1. The lowest BCUT2D eigenvalue weighted by molar-refractivity contribution is -0.123. The van der Waals surface area contributed by atoms with Gasteiger partial charge in [0.2, 0.25) is 0 Å². The predicted molar refractivity (Wildman–Crippen MR) is 72.9 cm³/mol. The minimum atomic E-state index is -0.482. The highest BCUT2D eigenvalue weighted by atomic mass is 19.1. The second kappa shape index (κ2) is 6.52. The second-order valence-corrected chi connectivity index (χ2v) is 4.96. The Kier molecular flexibility index (Phi) is 4.74. The zero-order valence-corrected chi connectivity index (χ0v) is 11.3. The summed E-state index contributed by atoms with van der Waals surface area (Å²) in [6.07, 6.45) is 4.42. The van der Waals surface area contributed by atoms with Crippen LogP contribution in [0.4, 0.5) is 4.39 Å². The number of rotatable bonds is 5. The van der Waals surface area contributed by atoms with Gasteiger partial charge in [-0.25, -0.2) is 4.39 Å². The van der Waals surface area contributed by atoms with Gasteiger partial charge in [-0.2, -0.15) is 0 Å². The number of ether oxygens (including phenoxy) is 1. The lowest BCUT2D eigenvalue weighted by Crippen LogP contribution is -2.36. The topological polar surface area (TPSA) is 58.6 Å². The molecule has 0 unspecified atom stereocenters. The first kappa shape index (κ1) is 14.5. The Morgan fingerprint density at radius 2 is 2.30 bits per heavy atom. The molecule has 1 amide bonds. The van der Waals surface area contributed by atoms with E-state index < -0.39 is 5.82 Å². The van der Waals surface area contributed by atoms with E-state index in [2.05, 4.69) is 5.32 Å². The first-order chi connectivity index (χ1) is 9.58. The van der Waals surface area contributed by atoms with Gasteiger partial charge in [0.15, 0.2) is 18.2 Å². The highest BCUT2D eigenvalue weighted by Crippen LogP contribution is 2.19. The number of aliphatic hydroxyl groups excluding tert-OH is 1. The summed E-state index contributed by atoms with van der Waals surface area (Å²) in [4.78, 5) is 11.7. The summed E-state index contributed by atoms with van der Waals surface area (Å²) in [6, 6.07) is 4.42. The number of nitrogens with one attached hydrogen (secondary N) is 1. The van der Waals surface area contributed by atoms with Gasteiger partial charge in [-0.1, -0.05) is 18.2 Å². The fourth-order valence-electron chi connectivity index (χ4n) is 2.13. The Morgan fingerprint density at radius 3 is 3.00 bits per heavy atom. The van der Waals surface area contributed by atoms with Crippen LogP contribution in [0, 0.1) is 18.7 Å². The molecule has 2 rings (SSSR count). The van der Waals surface area contributed by atoms with E-state index in [1.54, 1.807) is 12.1 Å². The lowest BCUT2D eigenvalue weighted by atomic mass is 10.1. The number of halogens is 1. The second-order valence-electron chi connectivity index (χ2n) is 4.96. The molecular formula is C15H18FNO3. The van der Waals surface area contributed by atoms with Crippen molar-refractivity contribution in [1.82, 2.24) is 5.32 Å². The van der Waals surface area contributed by atoms with E-state index in [9.17, 15) is 9.18 Å². The number of carbonyl (C=O) groups excluding carboxylic acids is 1. The number of carbonyl (C=O) groups is 1. The molecule has 0 saturated carbocycles. The van der Waals surface area contributed by atoms with Crippen LogP contribution in [0.2, 0.25) is 0 Å². The van der Waals surface area contributed by atoms with Gasteiger partial charge in [0.05, 0.1) is 0 Å². The quantitative estimate of drug-likeness (QED) is 0.804. The molecule has 0 aliphatic heterocycles. The van der Waals surface area contributed by atoms with Crippen molar-refractivity contribution < 1.29 is 19.0 Å². The molecule has 2 atom stereocenters.